The first-order chi connectivity index (χ1) is 15.4. The topological polar surface area (TPSA) is 130 Å². The van der Waals surface area contributed by atoms with Crippen LogP contribution in [0.2, 0.25) is 0 Å². The van der Waals surface area contributed by atoms with Crippen LogP contribution in [0, 0.1) is 11.3 Å². The van der Waals surface area contributed by atoms with Crippen molar-refractivity contribution >= 4 is 23.4 Å². The maximum absolute atomic E-state index is 13.0. The molecule has 9 heteroatoms. The van der Waals surface area contributed by atoms with Crippen molar-refractivity contribution in [3.05, 3.63) is 53.2 Å². The molecule has 1 fully saturated rings. The van der Waals surface area contributed by atoms with Crippen molar-refractivity contribution < 1.29 is 19.2 Å². The first kappa shape index (κ1) is 23.3. The fourth-order valence-electron chi connectivity index (χ4n) is 3.81. The Morgan fingerprint density at radius 1 is 1.16 bits per heavy atom. The molecule has 1 aliphatic carbocycles. The quantitative estimate of drug-likeness (QED) is 0.276. The summed E-state index contributed by atoms with van der Waals surface area (Å²) in [6, 6.07) is 7.18. The van der Waals surface area contributed by atoms with Gasteiger partial charge >= 0.3 is 5.97 Å². The third-order valence-corrected chi connectivity index (χ3v) is 5.51. The van der Waals surface area contributed by atoms with Gasteiger partial charge in [0.15, 0.2) is 0 Å². The Bertz CT molecular complexity index is 901. The third kappa shape index (κ3) is 5.88. The van der Waals surface area contributed by atoms with Gasteiger partial charge in [0.05, 0.1) is 36.6 Å². The van der Waals surface area contributed by atoms with Gasteiger partial charge in [0.1, 0.15) is 5.84 Å². The maximum Gasteiger partial charge on any atom is 0.308 e. The van der Waals surface area contributed by atoms with Gasteiger partial charge in [-0.1, -0.05) is 24.3 Å². The van der Waals surface area contributed by atoms with Gasteiger partial charge in [0.2, 0.25) is 0 Å². The average molecular weight is 442 g/mol. The Morgan fingerprint density at radius 3 is 2.44 bits per heavy atom. The second kappa shape index (κ2) is 10.8. The number of hydroxylamine groups is 1. The van der Waals surface area contributed by atoms with E-state index >= 15 is 0 Å². The predicted octanol–water partition coefficient (Wildman–Crippen LogP) is 2.21. The molecule has 1 aromatic carbocycles. The molecule has 32 heavy (non-hydrogen) atoms. The molecule has 1 aliphatic heterocycles. The monoisotopic (exact) mass is 441 g/mol. The van der Waals surface area contributed by atoms with Crippen molar-refractivity contribution in [2.45, 2.75) is 45.6 Å². The third-order valence-electron chi connectivity index (χ3n) is 5.51. The Hall–Kier alpha value is -3.33. The number of amides is 1. The highest BCUT2D eigenvalue weighted by Crippen LogP contribution is 2.26. The van der Waals surface area contributed by atoms with E-state index in [1.165, 1.54) is 5.17 Å². The smallest absolute Gasteiger partial charge is 0.308 e. The number of carbonyl (C=O) groups is 2. The van der Waals surface area contributed by atoms with Crippen LogP contribution in [-0.2, 0) is 19.2 Å². The number of nitrogen functional groups attached to an aromatic ring is 1. The molecule has 5 N–H and O–H groups in total. The number of hydrogen-bond donors (Lipinski definition) is 4. The summed E-state index contributed by atoms with van der Waals surface area (Å²) in [6.07, 6.45) is 6.25. The number of nitrogens with two attached hydrogens (primary N) is 1. The zero-order valence-corrected chi connectivity index (χ0v) is 18.5. The minimum atomic E-state index is -0.200. The van der Waals surface area contributed by atoms with Crippen LogP contribution in [0.1, 0.15) is 50.7 Å². The zero-order valence-electron chi connectivity index (χ0n) is 18.5. The Morgan fingerprint density at radius 2 is 1.84 bits per heavy atom. The number of hydrogen-bond acceptors (Lipinski definition) is 7. The molecule has 2 aliphatic rings. The summed E-state index contributed by atoms with van der Waals surface area (Å²) >= 11 is 0. The van der Waals surface area contributed by atoms with Crippen molar-refractivity contribution in [3.8, 4) is 0 Å². The number of nitrogens with zero attached hydrogens (tertiary/aromatic N) is 1. The largest absolute Gasteiger partial charge is 0.466 e. The summed E-state index contributed by atoms with van der Waals surface area (Å²) in [5, 5.41) is 12.0. The van der Waals surface area contributed by atoms with Crippen LogP contribution in [0.4, 0.5) is 0 Å². The molecule has 1 heterocycles. The summed E-state index contributed by atoms with van der Waals surface area (Å²) in [5.41, 5.74) is 11.2. The lowest BCUT2D eigenvalue weighted by Gasteiger charge is -2.30. The van der Waals surface area contributed by atoms with Crippen LogP contribution >= 0.6 is 0 Å². The van der Waals surface area contributed by atoms with E-state index in [0.29, 0.717) is 42.9 Å². The van der Waals surface area contributed by atoms with Gasteiger partial charge in [0.25, 0.3) is 5.91 Å². The lowest BCUT2D eigenvalue weighted by atomic mass is 9.86. The van der Waals surface area contributed by atoms with Crippen LogP contribution < -0.4 is 16.5 Å². The molecule has 9 nitrogen and oxygen atoms in total. The van der Waals surface area contributed by atoms with Gasteiger partial charge < -0.3 is 15.8 Å². The van der Waals surface area contributed by atoms with E-state index in [2.05, 4.69) is 10.7 Å². The number of nitrogens with one attached hydrogen (secondary N) is 3. The van der Waals surface area contributed by atoms with E-state index in [0.717, 1.165) is 18.4 Å². The Labute approximate surface area is 188 Å². The van der Waals surface area contributed by atoms with Crippen LogP contribution in [-0.4, -0.2) is 42.1 Å². The lowest BCUT2D eigenvalue weighted by Crippen LogP contribution is -2.42. The second-order valence-corrected chi connectivity index (χ2v) is 7.76. The normalized spacial score (nSPS) is 20.5. The first-order valence-electron chi connectivity index (χ1n) is 11.0. The second-order valence-electron chi connectivity index (χ2n) is 7.76. The number of esters is 1. The number of ether oxygens (including phenoxy) is 1. The van der Waals surface area contributed by atoms with Crippen LogP contribution in [0.3, 0.4) is 0 Å². The SMILES string of the molecule is CCOC(=O)C1CCC(NC(=O)C2=CN(OCC)NC(c3ccc(C(=N)N)cc3)=C2)CC1. The van der Waals surface area contributed by atoms with Crippen molar-refractivity contribution in [1.29, 1.82) is 5.41 Å². The van der Waals surface area contributed by atoms with E-state index in [1.807, 2.05) is 26.0 Å². The Kier molecular flexibility index (Phi) is 7.88. The van der Waals surface area contributed by atoms with E-state index in [1.54, 1.807) is 24.4 Å². The number of carbonyl (C=O) groups excluding carboxylic acids is 2. The fraction of sp³-hybridized carbons (Fsp3) is 0.435. The predicted molar refractivity (Wildman–Crippen MR) is 121 cm³/mol. The Balaban J connectivity index is 1.68. The minimum absolute atomic E-state index is 0.00397. The van der Waals surface area contributed by atoms with Crippen LogP contribution in [0.5, 0.6) is 0 Å². The van der Waals surface area contributed by atoms with E-state index in [4.69, 9.17) is 20.7 Å². The lowest BCUT2D eigenvalue weighted by molar-refractivity contribution is -0.149. The fourth-order valence-corrected chi connectivity index (χ4v) is 3.81. The van der Waals surface area contributed by atoms with Crippen molar-refractivity contribution in [2.75, 3.05) is 13.2 Å². The molecule has 1 aromatic rings. The number of rotatable bonds is 8. The molecule has 1 amide bonds. The number of hydrazine groups is 1. The molecular formula is C23H31N5O4. The van der Waals surface area contributed by atoms with E-state index < -0.39 is 0 Å². The molecule has 0 unspecified atom stereocenters. The van der Waals surface area contributed by atoms with Gasteiger partial charge in [0, 0.05) is 11.6 Å². The highest BCUT2D eigenvalue weighted by molar-refractivity contribution is 5.99. The highest BCUT2D eigenvalue weighted by atomic mass is 16.7. The van der Waals surface area contributed by atoms with Gasteiger partial charge in [-0.3, -0.25) is 25.3 Å². The molecule has 0 atom stereocenters. The first-order valence-corrected chi connectivity index (χ1v) is 11.0. The van der Waals surface area contributed by atoms with Crippen molar-refractivity contribution in [3.63, 3.8) is 0 Å². The molecular weight excluding hydrogens is 410 g/mol. The average Bonchev–Trinajstić information content (AvgIpc) is 2.79. The summed E-state index contributed by atoms with van der Waals surface area (Å²) < 4.78 is 5.11. The molecule has 0 radical (unpaired) electrons. The molecule has 1 saturated carbocycles. The molecule has 172 valence electrons. The number of benzene rings is 1. The maximum atomic E-state index is 13.0. The summed E-state index contributed by atoms with van der Waals surface area (Å²) in [7, 11) is 0. The van der Waals surface area contributed by atoms with Crippen LogP contribution in [0.15, 0.2) is 42.1 Å². The van der Waals surface area contributed by atoms with Crippen molar-refractivity contribution in [1.82, 2.24) is 15.9 Å². The van der Waals surface area contributed by atoms with Crippen LogP contribution in [0.25, 0.3) is 5.70 Å². The summed E-state index contributed by atoms with van der Waals surface area (Å²) in [4.78, 5) is 30.5. The molecule has 0 aromatic heterocycles. The van der Waals surface area contributed by atoms with Gasteiger partial charge in [-0.15, -0.1) is 0 Å². The zero-order chi connectivity index (χ0) is 23.1. The summed E-state index contributed by atoms with van der Waals surface area (Å²) in [6.45, 7) is 4.48. The van der Waals surface area contributed by atoms with Gasteiger partial charge in [-0.2, -0.15) is 5.17 Å². The molecule has 0 spiro atoms. The van der Waals surface area contributed by atoms with E-state index in [-0.39, 0.29) is 29.7 Å². The van der Waals surface area contributed by atoms with Gasteiger partial charge in [-0.25, -0.2) is 0 Å². The highest BCUT2D eigenvalue weighted by Gasteiger charge is 2.29. The number of amidine groups is 1. The van der Waals surface area contributed by atoms with Crippen molar-refractivity contribution in [2.24, 2.45) is 11.7 Å². The standard InChI is InChI=1S/C23H31N5O4/c1-3-31-23(30)17-9-11-19(12-10-17)26-22(29)18-13-20(27-28(14-18)32-4-2)15-5-7-16(8-6-15)21(24)25/h5-8,13-14,17,19,27H,3-4,9-12H2,1-2H3,(H3,24,25)(H,26,29). The summed E-state index contributed by atoms with van der Waals surface area (Å²) in [5.74, 6) is -0.433. The molecule has 3 rings (SSSR count). The van der Waals surface area contributed by atoms with Gasteiger partial charge in [-0.05, 0) is 51.2 Å². The molecule has 0 bridgehead atoms. The van der Waals surface area contributed by atoms with E-state index in [9.17, 15) is 9.59 Å². The molecule has 0 saturated heterocycles. The minimum Gasteiger partial charge on any atom is -0.466 e.